The van der Waals surface area contributed by atoms with Crippen LogP contribution in [0.1, 0.15) is 29.6 Å². The molecule has 0 aliphatic carbocycles. The number of hydrogen-bond acceptors (Lipinski definition) is 6. The fourth-order valence-corrected chi connectivity index (χ4v) is 4.26. The molecule has 2 aromatic rings. The van der Waals surface area contributed by atoms with Crippen LogP contribution in [0.2, 0.25) is 0 Å². The van der Waals surface area contributed by atoms with Crippen molar-refractivity contribution in [2.75, 3.05) is 23.8 Å². The Balaban J connectivity index is 1.48. The van der Waals surface area contributed by atoms with Crippen molar-refractivity contribution < 1.29 is 27.5 Å². The van der Waals surface area contributed by atoms with Gasteiger partial charge in [-0.1, -0.05) is 18.2 Å². The highest BCUT2D eigenvalue weighted by Crippen LogP contribution is 2.21. The lowest BCUT2D eigenvalue weighted by atomic mass is 10.1. The Kier molecular flexibility index (Phi) is 6.43. The van der Waals surface area contributed by atoms with Gasteiger partial charge in [0.2, 0.25) is 5.91 Å². The van der Waals surface area contributed by atoms with E-state index in [1.165, 1.54) is 12.1 Å². The van der Waals surface area contributed by atoms with E-state index in [9.17, 15) is 22.8 Å². The number of ether oxygens (including phenoxy) is 1. The summed E-state index contributed by atoms with van der Waals surface area (Å²) in [7, 11) is -3.58. The predicted molar refractivity (Wildman–Crippen MR) is 106 cm³/mol. The minimum atomic E-state index is -3.58. The monoisotopic (exact) mass is 415 g/mol. The first kappa shape index (κ1) is 20.7. The normalized spacial score (nSPS) is 14.1. The largest absolute Gasteiger partial charge is 0.457 e. The van der Waals surface area contributed by atoms with Gasteiger partial charge in [0.1, 0.15) is 0 Å². The highest BCUT2D eigenvalue weighted by molar-refractivity contribution is 7.91. The topological polar surface area (TPSA) is 97.8 Å². The van der Waals surface area contributed by atoms with E-state index in [1.54, 1.807) is 47.4 Å². The van der Waals surface area contributed by atoms with Gasteiger partial charge in [0.05, 0.1) is 17.1 Å². The van der Waals surface area contributed by atoms with Crippen molar-refractivity contribution >= 4 is 33.2 Å². The van der Waals surface area contributed by atoms with Crippen LogP contribution in [0, 0.1) is 0 Å². The van der Waals surface area contributed by atoms with Gasteiger partial charge in [-0.05, 0) is 42.8 Å². The van der Waals surface area contributed by atoms with Gasteiger partial charge in [0.25, 0.3) is 0 Å². The van der Waals surface area contributed by atoms with Gasteiger partial charge in [0.15, 0.2) is 22.2 Å². The van der Waals surface area contributed by atoms with Crippen molar-refractivity contribution in [3.63, 3.8) is 0 Å². The second-order valence-electron chi connectivity index (χ2n) is 6.66. The number of sulfone groups is 1. The van der Waals surface area contributed by atoms with Crippen molar-refractivity contribution in [1.82, 2.24) is 0 Å². The average molecular weight is 415 g/mol. The van der Waals surface area contributed by atoms with Crippen LogP contribution in [-0.2, 0) is 24.2 Å². The van der Waals surface area contributed by atoms with Crippen LogP contribution >= 0.6 is 0 Å². The Bertz CT molecular complexity index is 999. The lowest BCUT2D eigenvalue weighted by molar-refractivity contribution is -0.142. The van der Waals surface area contributed by atoms with Crippen LogP contribution in [0.15, 0.2) is 59.5 Å². The van der Waals surface area contributed by atoms with E-state index in [2.05, 4.69) is 0 Å². The fourth-order valence-electron chi connectivity index (χ4n) is 3.01. The smallest absolute Gasteiger partial charge is 0.307 e. The van der Waals surface area contributed by atoms with Crippen molar-refractivity contribution in [3.05, 3.63) is 60.2 Å². The standard InChI is InChI=1S/C21H21NO6S/c23-19(16-8-10-17(11-9-16)22-13-4-7-20(22)24)15-28-21(25)12-14-29(26,27)18-5-2-1-3-6-18/h1-3,5-6,8-11H,4,7,12-15H2. The molecule has 7 nitrogen and oxygen atoms in total. The number of carbonyl (C=O) groups is 3. The molecule has 0 unspecified atom stereocenters. The molecule has 29 heavy (non-hydrogen) atoms. The maximum Gasteiger partial charge on any atom is 0.307 e. The second-order valence-corrected chi connectivity index (χ2v) is 8.77. The van der Waals surface area contributed by atoms with Gasteiger partial charge < -0.3 is 9.64 Å². The number of amides is 1. The maximum absolute atomic E-state index is 12.2. The molecule has 3 rings (SSSR count). The van der Waals surface area contributed by atoms with Crippen LogP contribution < -0.4 is 4.90 Å². The van der Waals surface area contributed by atoms with Gasteiger partial charge >= 0.3 is 5.97 Å². The zero-order valence-electron chi connectivity index (χ0n) is 15.7. The summed E-state index contributed by atoms with van der Waals surface area (Å²) < 4.78 is 29.2. The number of esters is 1. The van der Waals surface area contributed by atoms with E-state index in [4.69, 9.17) is 4.74 Å². The summed E-state index contributed by atoms with van der Waals surface area (Å²) in [5, 5.41) is 0. The molecule has 2 aromatic carbocycles. The first-order valence-corrected chi connectivity index (χ1v) is 10.9. The van der Waals surface area contributed by atoms with Gasteiger partial charge in [-0.25, -0.2) is 8.42 Å². The molecule has 152 valence electrons. The molecule has 1 aliphatic rings. The number of Topliss-reactive ketones (excluding diaryl/α,β-unsaturated/α-hetero) is 1. The molecule has 0 radical (unpaired) electrons. The molecule has 0 N–H and O–H groups in total. The van der Waals surface area contributed by atoms with Gasteiger partial charge in [-0.3, -0.25) is 14.4 Å². The number of rotatable bonds is 8. The Labute approximate surface area is 169 Å². The molecular formula is C21H21NO6S. The molecule has 0 aromatic heterocycles. The molecule has 1 fully saturated rings. The molecule has 1 heterocycles. The summed E-state index contributed by atoms with van der Waals surface area (Å²) in [6.45, 7) is 0.196. The minimum Gasteiger partial charge on any atom is -0.457 e. The lowest BCUT2D eigenvalue weighted by Crippen LogP contribution is -2.23. The summed E-state index contributed by atoms with van der Waals surface area (Å²) in [5.74, 6) is -1.48. The van der Waals surface area contributed by atoms with Crippen molar-refractivity contribution in [3.8, 4) is 0 Å². The Morgan fingerprint density at radius 1 is 1.00 bits per heavy atom. The third kappa shape index (κ3) is 5.29. The zero-order chi connectivity index (χ0) is 20.9. The molecule has 0 spiro atoms. The molecule has 0 bridgehead atoms. The number of ketones is 1. The maximum atomic E-state index is 12.2. The van der Waals surface area contributed by atoms with Crippen molar-refractivity contribution in [1.29, 1.82) is 0 Å². The predicted octanol–water partition coefficient (Wildman–Crippen LogP) is 2.40. The van der Waals surface area contributed by atoms with Crippen LogP contribution in [0.25, 0.3) is 0 Å². The van der Waals surface area contributed by atoms with E-state index < -0.39 is 28.2 Å². The minimum absolute atomic E-state index is 0.0588. The Hall–Kier alpha value is -3.00. The number of benzene rings is 2. The Morgan fingerprint density at radius 2 is 1.69 bits per heavy atom. The van der Waals surface area contributed by atoms with E-state index in [-0.39, 0.29) is 23.0 Å². The van der Waals surface area contributed by atoms with Crippen LogP contribution in [0.5, 0.6) is 0 Å². The zero-order valence-corrected chi connectivity index (χ0v) is 16.6. The highest BCUT2D eigenvalue weighted by atomic mass is 32.2. The Morgan fingerprint density at radius 3 is 2.31 bits per heavy atom. The van der Waals surface area contributed by atoms with Crippen molar-refractivity contribution in [2.24, 2.45) is 0 Å². The van der Waals surface area contributed by atoms with E-state index in [1.807, 2.05) is 0 Å². The summed E-state index contributed by atoms with van der Waals surface area (Å²) in [6.07, 6.45) is 1.01. The quantitative estimate of drug-likeness (QED) is 0.485. The van der Waals surface area contributed by atoms with Gasteiger partial charge in [0, 0.05) is 24.2 Å². The summed E-state index contributed by atoms with van der Waals surface area (Å²) in [4.78, 5) is 37.6. The van der Waals surface area contributed by atoms with Gasteiger partial charge in [-0.15, -0.1) is 0 Å². The molecule has 0 saturated carbocycles. The van der Waals surface area contributed by atoms with E-state index in [0.29, 0.717) is 18.5 Å². The van der Waals surface area contributed by atoms with Crippen LogP contribution in [0.3, 0.4) is 0 Å². The number of hydrogen-bond donors (Lipinski definition) is 0. The molecule has 8 heteroatoms. The number of anilines is 1. The van der Waals surface area contributed by atoms with Crippen LogP contribution in [-0.4, -0.2) is 45.0 Å². The number of nitrogens with zero attached hydrogens (tertiary/aromatic N) is 1. The first-order valence-electron chi connectivity index (χ1n) is 9.24. The second kappa shape index (κ2) is 9.00. The van der Waals surface area contributed by atoms with Gasteiger partial charge in [-0.2, -0.15) is 0 Å². The molecule has 1 amide bonds. The fraction of sp³-hybridized carbons (Fsp3) is 0.286. The molecule has 1 aliphatic heterocycles. The van der Waals surface area contributed by atoms with E-state index >= 15 is 0 Å². The number of carbonyl (C=O) groups excluding carboxylic acids is 3. The average Bonchev–Trinajstić information content (AvgIpc) is 3.17. The molecule has 1 saturated heterocycles. The summed E-state index contributed by atoms with van der Waals surface area (Å²) >= 11 is 0. The third-order valence-electron chi connectivity index (χ3n) is 4.62. The summed E-state index contributed by atoms with van der Waals surface area (Å²) in [6, 6.07) is 14.4. The summed E-state index contributed by atoms with van der Waals surface area (Å²) in [5.41, 5.74) is 1.08. The van der Waals surface area contributed by atoms with Crippen molar-refractivity contribution in [2.45, 2.75) is 24.2 Å². The first-order chi connectivity index (χ1) is 13.9. The van der Waals surface area contributed by atoms with E-state index in [0.717, 1.165) is 12.1 Å². The highest BCUT2D eigenvalue weighted by Gasteiger charge is 2.22. The SMILES string of the molecule is O=C(CCS(=O)(=O)c1ccccc1)OCC(=O)c1ccc(N2CCCC2=O)cc1. The molecular weight excluding hydrogens is 394 g/mol. The third-order valence-corrected chi connectivity index (χ3v) is 6.35. The lowest BCUT2D eigenvalue weighted by Gasteiger charge is -2.15. The molecule has 0 atom stereocenters. The van der Waals surface area contributed by atoms with Crippen LogP contribution in [0.4, 0.5) is 5.69 Å².